The van der Waals surface area contributed by atoms with Crippen molar-refractivity contribution in [3.63, 3.8) is 0 Å². The standard InChI is InChI=1S/C13H17NO4/c1-2-18-10-5-3-9(4-6-10)11(14)13(12(15)16)7-17-8-13/h3-6,11H,2,7-8,14H2,1H3,(H,15,16). The molecule has 1 unspecified atom stereocenters. The summed E-state index contributed by atoms with van der Waals surface area (Å²) in [4.78, 5) is 11.3. The Bertz CT molecular complexity index is 425. The highest BCUT2D eigenvalue weighted by molar-refractivity contribution is 5.77. The fourth-order valence-electron chi connectivity index (χ4n) is 2.02. The summed E-state index contributed by atoms with van der Waals surface area (Å²) in [5.41, 5.74) is 5.85. The Hall–Kier alpha value is -1.59. The molecule has 98 valence electrons. The Morgan fingerprint density at radius 2 is 2.11 bits per heavy atom. The van der Waals surface area contributed by atoms with Crippen LogP contribution in [0.2, 0.25) is 0 Å². The molecule has 1 atom stereocenters. The average molecular weight is 251 g/mol. The number of carbonyl (C=O) groups is 1. The highest BCUT2D eigenvalue weighted by atomic mass is 16.5. The van der Waals surface area contributed by atoms with Crippen LogP contribution in [0.15, 0.2) is 24.3 Å². The summed E-state index contributed by atoms with van der Waals surface area (Å²) in [6.45, 7) is 2.83. The van der Waals surface area contributed by atoms with Gasteiger partial charge in [-0.2, -0.15) is 0 Å². The van der Waals surface area contributed by atoms with E-state index in [1.165, 1.54) is 0 Å². The molecule has 1 fully saturated rings. The van der Waals surface area contributed by atoms with Crippen molar-refractivity contribution in [2.45, 2.75) is 13.0 Å². The van der Waals surface area contributed by atoms with Gasteiger partial charge in [-0.3, -0.25) is 4.79 Å². The Morgan fingerprint density at radius 1 is 1.50 bits per heavy atom. The summed E-state index contributed by atoms with van der Waals surface area (Å²) < 4.78 is 10.4. The summed E-state index contributed by atoms with van der Waals surface area (Å²) in [6.07, 6.45) is 0. The van der Waals surface area contributed by atoms with E-state index in [4.69, 9.17) is 15.2 Å². The van der Waals surface area contributed by atoms with E-state index >= 15 is 0 Å². The SMILES string of the molecule is CCOc1ccc(C(N)C2(C(=O)O)COC2)cc1. The molecule has 0 spiro atoms. The molecule has 18 heavy (non-hydrogen) atoms. The molecule has 5 nitrogen and oxygen atoms in total. The van der Waals surface area contributed by atoms with Gasteiger partial charge in [-0.05, 0) is 24.6 Å². The molecule has 5 heteroatoms. The first kappa shape index (κ1) is 12.9. The number of carboxylic acids is 1. The van der Waals surface area contributed by atoms with Crippen LogP contribution >= 0.6 is 0 Å². The van der Waals surface area contributed by atoms with Crippen LogP contribution in [0.5, 0.6) is 5.75 Å². The zero-order valence-electron chi connectivity index (χ0n) is 10.3. The van der Waals surface area contributed by atoms with E-state index in [0.29, 0.717) is 6.61 Å². The summed E-state index contributed by atoms with van der Waals surface area (Å²) in [5, 5.41) is 9.27. The van der Waals surface area contributed by atoms with E-state index in [0.717, 1.165) is 11.3 Å². The van der Waals surface area contributed by atoms with Crippen molar-refractivity contribution in [1.29, 1.82) is 0 Å². The van der Waals surface area contributed by atoms with E-state index in [9.17, 15) is 9.90 Å². The molecule has 1 aliphatic heterocycles. The maximum absolute atomic E-state index is 11.3. The topological polar surface area (TPSA) is 81.8 Å². The number of rotatable bonds is 5. The molecule has 1 aliphatic rings. The Kier molecular flexibility index (Phi) is 3.54. The number of hydrogen-bond acceptors (Lipinski definition) is 4. The third kappa shape index (κ3) is 2.07. The van der Waals surface area contributed by atoms with Crippen molar-refractivity contribution in [3.8, 4) is 5.75 Å². The monoisotopic (exact) mass is 251 g/mol. The van der Waals surface area contributed by atoms with E-state index in [-0.39, 0.29) is 13.2 Å². The molecule has 3 N–H and O–H groups in total. The molecule has 0 bridgehead atoms. The van der Waals surface area contributed by atoms with Crippen molar-refractivity contribution in [2.24, 2.45) is 11.1 Å². The number of ether oxygens (including phenoxy) is 2. The van der Waals surface area contributed by atoms with Gasteiger partial charge in [-0.25, -0.2) is 0 Å². The van der Waals surface area contributed by atoms with E-state index in [1.54, 1.807) is 24.3 Å². The van der Waals surface area contributed by atoms with Gasteiger partial charge in [0, 0.05) is 0 Å². The highest BCUT2D eigenvalue weighted by Crippen LogP contribution is 2.39. The number of benzene rings is 1. The van der Waals surface area contributed by atoms with Gasteiger partial charge in [-0.1, -0.05) is 12.1 Å². The first-order chi connectivity index (χ1) is 8.60. The van der Waals surface area contributed by atoms with Gasteiger partial charge in [0.25, 0.3) is 0 Å². The van der Waals surface area contributed by atoms with Gasteiger partial charge in [0.1, 0.15) is 11.2 Å². The molecule has 1 aromatic carbocycles. The number of hydrogen-bond donors (Lipinski definition) is 2. The van der Waals surface area contributed by atoms with Gasteiger partial charge in [0.15, 0.2) is 0 Å². The Balaban J connectivity index is 2.17. The largest absolute Gasteiger partial charge is 0.494 e. The van der Waals surface area contributed by atoms with E-state index in [1.807, 2.05) is 6.92 Å². The van der Waals surface area contributed by atoms with Crippen LogP contribution in [0.1, 0.15) is 18.5 Å². The maximum atomic E-state index is 11.3. The quantitative estimate of drug-likeness (QED) is 0.821. The zero-order chi connectivity index (χ0) is 13.2. The molecule has 0 aliphatic carbocycles. The molecular formula is C13H17NO4. The van der Waals surface area contributed by atoms with Crippen LogP contribution in [0.4, 0.5) is 0 Å². The average Bonchev–Trinajstić information content (AvgIpc) is 2.28. The van der Waals surface area contributed by atoms with Crippen molar-refractivity contribution in [1.82, 2.24) is 0 Å². The highest BCUT2D eigenvalue weighted by Gasteiger charge is 2.51. The summed E-state index contributed by atoms with van der Waals surface area (Å²) in [7, 11) is 0. The Morgan fingerprint density at radius 3 is 2.50 bits per heavy atom. The lowest BCUT2D eigenvalue weighted by molar-refractivity contribution is -0.184. The predicted octanol–water partition coefficient (Wildman–Crippen LogP) is 1.19. The minimum Gasteiger partial charge on any atom is -0.494 e. The number of aliphatic carboxylic acids is 1. The molecule has 2 rings (SSSR count). The van der Waals surface area contributed by atoms with Gasteiger partial charge in [-0.15, -0.1) is 0 Å². The second-order valence-electron chi connectivity index (χ2n) is 4.43. The van der Waals surface area contributed by atoms with Gasteiger partial charge in [0.05, 0.1) is 25.9 Å². The van der Waals surface area contributed by atoms with Gasteiger partial charge in [0.2, 0.25) is 0 Å². The van der Waals surface area contributed by atoms with Crippen LogP contribution in [-0.2, 0) is 9.53 Å². The second kappa shape index (κ2) is 4.96. The van der Waals surface area contributed by atoms with E-state index < -0.39 is 17.4 Å². The van der Waals surface area contributed by atoms with Crippen molar-refractivity contribution >= 4 is 5.97 Å². The summed E-state index contributed by atoms with van der Waals surface area (Å²) in [5.74, 6) is -0.155. The molecule has 1 heterocycles. The zero-order valence-corrected chi connectivity index (χ0v) is 10.3. The minimum atomic E-state index is -0.993. The van der Waals surface area contributed by atoms with E-state index in [2.05, 4.69) is 0 Å². The van der Waals surface area contributed by atoms with Crippen LogP contribution in [0, 0.1) is 5.41 Å². The predicted molar refractivity (Wildman–Crippen MR) is 65.4 cm³/mol. The second-order valence-corrected chi connectivity index (χ2v) is 4.43. The van der Waals surface area contributed by atoms with Crippen LogP contribution in [0.25, 0.3) is 0 Å². The molecular weight excluding hydrogens is 234 g/mol. The number of carboxylic acid groups (broad SMARTS) is 1. The summed E-state index contributed by atoms with van der Waals surface area (Å²) >= 11 is 0. The van der Waals surface area contributed by atoms with Crippen LogP contribution < -0.4 is 10.5 Å². The molecule has 0 radical (unpaired) electrons. The maximum Gasteiger partial charge on any atom is 0.316 e. The lowest BCUT2D eigenvalue weighted by atomic mass is 9.75. The molecule has 1 aromatic rings. The molecule has 0 aromatic heterocycles. The van der Waals surface area contributed by atoms with Crippen LogP contribution in [-0.4, -0.2) is 30.9 Å². The smallest absolute Gasteiger partial charge is 0.316 e. The van der Waals surface area contributed by atoms with Gasteiger partial charge < -0.3 is 20.3 Å². The first-order valence-electron chi connectivity index (χ1n) is 5.89. The fraction of sp³-hybridized carbons (Fsp3) is 0.462. The normalized spacial score (nSPS) is 18.8. The van der Waals surface area contributed by atoms with Crippen molar-refractivity contribution in [2.75, 3.05) is 19.8 Å². The van der Waals surface area contributed by atoms with Crippen molar-refractivity contribution < 1.29 is 19.4 Å². The molecule has 1 saturated heterocycles. The lowest BCUT2D eigenvalue weighted by Gasteiger charge is -2.41. The molecule has 0 saturated carbocycles. The Labute approximate surface area is 106 Å². The number of nitrogens with two attached hydrogens (primary N) is 1. The van der Waals surface area contributed by atoms with Crippen LogP contribution in [0.3, 0.4) is 0 Å². The fourth-order valence-corrected chi connectivity index (χ4v) is 2.02. The summed E-state index contributed by atoms with van der Waals surface area (Å²) in [6, 6.07) is 6.64. The van der Waals surface area contributed by atoms with Gasteiger partial charge >= 0.3 is 5.97 Å². The lowest BCUT2D eigenvalue weighted by Crippen LogP contribution is -2.55. The van der Waals surface area contributed by atoms with Crippen molar-refractivity contribution in [3.05, 3.63) is 29.8 Å². The first-order valence-corrected chi connectivity index (χ1v) is 5.89. The third-order valence-electron chi connectivity index (χ3n) is 3.29. The molecule has 0 amide bonds. The minimum absolute atomic E-state index is 0.163. The third-order valence-corrected chi connectivity index (χ3v) is 3.29.